The molecule has 0 unspecified atom stereocenters. The zero-order valence-corrected chi connectivity index (χ0v) is 11.4. The van der Waals surface area contributed by atoms with Gasteiger partial charge in [0.25, 0.3) is 0 Å². The van der Waals surface area contributed by atoms with Gasteiger partial charge in [0.2, 0.25) is 0 Å². The van der Waals surface area contributed by atoms with Crippen LogP contribution < -0.4 is 10.5 Å². The average molecular weight is 280 g/mol. The van der Waals surface area contributed by atoms with Gasteiger partial charge in [0.1, 0.15) is 18.2 Å². The van der Waals surface area contributed by atoms with E-state index in [0.29, 0.717) is 17.4 Å². The van der Waals surface area contributed by atoms with Gasteiger partial charge in [-0.1, -0.05) is 23.7 Å². The summed E-state index contributed by atoms with van der Waals surface area (Å²) in [4.78, 5) is 0. The number of aryl methyl sites for hydroxylation is 1. The average Bonchev–Trinajstić information content (AvgIpc) is 2.39. The van der Waals surface area contributed by atoms with Crippen LogP contribution in [0.4, 0.5) is 4.39 Å². The van der Waals surface area contributed by atoms with E-state index in [9.17, 15) is 4.39 Å². The highest BCUT2D eigenvalue weighted by Gasteiger charge is 2.06. The van der Waals surface area contributed by atoms with Crippen molar-refractivity contribution in [2.24, 2.45) is 5.73 Å². The Kier molecular flexibility index (Phi) is 4.40. The molecule has 0 atom stereocenters. The van der Waals surface area contributed by atoms with Gasteiger partial charge in [-0.05, 0) is 47.9 Å². The van der Waals surface area contributed by atoms with E-state index in [-0.39, 0.29) is 12.4 Å². The second-order valence-electron chi connectivity index (χ2n) is 4.34. The Morgan fingerprint density at radius 2 is 1.95 bits per heavy atom. The van der Waals surface area contributed by atoms with E-state index in [4.69, 9.17) is 22.1 Å². The van der Waals surface area contributed by atoms with Crippen LogP contribution in [-0.2, 0) is 13.2 Å². The van der Waals surface area contributed by atoms with Crippen LogP contribution in [0.15, 0.2) is 36.4 Å². The summed E-state index contributed by atoms with van der Waals surface area (Å²) in [6, 6.07) is 10.1. The van der Waals surface area contributed by atoms with Crippen LogP contribution in [0, 0.1) is 12.7 Å². The quantitative estimate of drug-likeness (QED) is 0.923. The normalized spacial score (nSPS) is 10.5. The Morgan fingerprint density at radius 3 is 2.63 bits per heavy atom. The van der Waals surface area contributed by atoms with Crippen molar-refractivity contribution in [1.29, 1.82) is 0 Å². The van der Waals surface area contributed by atoms with Gasteiger partial charge in [-0.2, -0.15) is 0 Å². The van der Waals surface area contributed by atoms with Crippen molar-refractivity contribution < 1.29 is 9.13 Å². The van der Waals surface area contributed by atoms with Crippen LogP contribution in [-0.4, -0.2) is 0 Å². The number of benzene rings is 2. The fourth-order valence-electron chi connectivity index (χ4n) is 1.80. The van der Waals surface area contributed by atoms with Crippen molar-refractivity contribution in [3.8, 4) is 5.75 Å². The highest BCUT2D eigenvalue weighted by atomic mass is 35.5. The summed E-state index contributed by atoms with van der Waals surface area (Å²) in [7, 11) is 0. The number of halogens is 2. The molecule has 0 saturated carbocycles. The molecule has 0 bridgehead atoms. The van der Waals surface area contributed by atoms with E-state index in [1.54, 1.807) is 6.07 Å². The molecule has 0 heterocycles. The number of rotatable bonds is 4. The van der Waals surface area contributed by atoms with E-state index >= 15 is 0 Å². The minimum Gasteiger partial charge on any atom is -0.487 e. The third kappa shape index (κ3) is 3.46. The maximum atomic E-state index is 13.1. The van der Waals surface area contributed by atoms with Gasteiger partial charge in [0.05, 0.1) is 5.02 Å². The van der Waals surface area contributed by atoms with E-state index in [1.807, 2.05) is 25.1 Å². The number of nitrogens with two attached hydrogens (primary N) is 1. The van der Waals surface area contributed by atoms with Crippen LogP contribution in [0.5, 0.6) is 5.75 Å². The van der Waals surface area contributed by atoms with Gasteiger partial charge in [-0.15, -0.1) is 0 Å². The second-order valence-corrected chi connectivity index (χ2v) is 4.75. The molecule has 0 fully saturated rings. The fraction of sp³-hybridized carbons (Fsp3) is 0.200. The molecule has 2 aromatic carbocycles. The first-order chi connectivity index (χ1) is 9.10. The maximum absolute atomic E-state index is 13.1. The molecule has 19 heavy (non-hydrogen) atoms. The lowest BCUT2D eigenvalue weighted by molar-refractivity contribution is 0.305. The predicted molar refractivity (Wildman–Crippen MR) is 74.8 cm³/mol. The summed E-state index contributed by atoms with van der Waals surface area (Å²) < 4.78 is 18.7. The Balaban J connectivity index is 2.14. The molecular formula is C15H15ClFNO. The zero-order chi connectivity index (χ0) is 13.8. The van der Waals surface area contributed by atoms with E-state index < -0.39 is 0 Å². The second kappa shape index (κ2) is 6.04. The van der Waals surface area contributed by atoms with Gasteiger partial charge in [0, 0.05) is 6.54 Å². The van der Waals surface area contributed by atoms with Crippen LogP contribution in [0.2, 0.25) is 5.02 Å². The molecule has 4 heteroatoms. The minimum atomic E-state index is -0.294. The Labute approximate surface area is 117 Å². The van der Waals surface area contributed by atoms with Gasteiger partial charge in [0.15, 0.2) is 0 Å². The highest BCUT2D eigenvalue weighted by Crippen LogP contribution is 2.26. The molecule has 0 spiro atoms. The molecule has 2 nitrogen and oxygen atoms in total. The molecule has 0 radical (unpaired) electrons. The zero-order valence-electron chi connectivity index (χ0n) is 10.6. The summed E-state index contributed by atoms with van der Waals surface area (Å²) in [6.45, 7) is 2.55. The standard InChI is InChI=1S/C15H15ClFNO/c1-10-2-5-15(14(16)6-10)19-9-11-3-4-13(17)7-12(11)8-18/h2-7H,8-9,18H2,1H3. The minimum absolute atomic E-state index is 0.276. The van der Waals surface area contributed by atoms with Crippen molar-refractivity contribution in [2.45, 2.75) is 20.1 Å². The molecule has 2 aromatic rings. The molecule has 0 aliphatic carbocycles. The molecule has 100 valence electrons. The van der Waals surface area contributed by atoms with Gasteiger partial charge in [-0.25, -0.2) is 4.39 Å². The summed E-state index contributed by atoms with van der Waals surface area (Å²) in [6.07, 6.45) is 0. The number of ether oxygens (including phenoxy) is 1. The summed E-state index contributed by atoms with van der Waals surface area (Å²) in [5.41, 5.74) is 8.26. The summed E-state index contributed by atoms with van der Waals surface area (Å²) in [5.74, 6) is 0.317. The van der Waals surface area contributed by atoms with Crippen molar-refractivity contribution in [3.63, 3.8) is 0 Å². The molecular weight excluding hydrogens is 265 g/mol. The number of hydrogen-bond acceptors (Lipinski definition) is 2. The lowest BCUT2D eigenvalue weighted by Crippen LogP contribution is -2.05. The highest BCUT2D eigenvalue weighted by molar-refractivity contribution is 6.32. The maximum Gasteiger partial charge on any atom is 0.138 e. The predicted octanol–water partition coefficient (Wildman–Crippen LogP) is 3.83. The van der Waals surface area contributed by atoms with E-state index in [1.165, 1.54) is 12.1 Å². The van der Waals surface area contributed by atoms with Gasteiger partial charge >= 0.3 is 0 Å². The van der Waals surface area contributed by atoms with Gasteiger partial charge in [-0.3, -0.25) is 0 Å². The van der Waals surface area contributed by atoms with Crippen molar-refractivity contribution in [1.82, 2.24) is 0 Å². The molecule has 0 amide bonds. The fourth-order valence-corrected chi connectivity index (χ4v) is 2.09. The molecule has 0 aromatic heterocycles. The molecule has 0 saturated heterocycles. The molecule has 0 aliphatic heterocycles. The summed E-state index contributed by atoms with van der Waals surface area (Å²) >= 11 is 6.08. The SMILES string of the molecule is Cc1ccc(OCc2ccc(F)cc2CN)c(Cl)c1. The number of hydrogen-bond donors (Lipinski definition) is 1. The largest absolute Gasteiger partial charge is 0.487 e. The van der Waals surface area contributed by atoms with Crippen LogP contribution in [0.3, 0.4) is 0 Å². The Bertz CT molecular complexity index is 586. The van der Waals surface area contributed by atoms with Crippen molar-refractivity contribution >= 4 is 11.6 Å². The van der Waals surface area contributed by atoms with Crippen LogP contribution in [0.1, 0.15) is 16.7 Å². The first kappa shape index (κ1) is 13.8. The van der Waals surface area contributed by atoms with Crippen LogP contribution in [0.25, 0.3) is 0 Å². The monoisotopic (exact) mass is 279 g/mol. The molecule has 2 N–H and O–H groups in total. The van der Waals surface area contributed by atoms with E-state index in [0.717, 1.165) is 16.7 Å². The smallest absolute Gasteiger partial charge is 0.138 e. The Hall–Kier alpha value is -1.58. The van der Waals surface area contributed by atoms with Gasteiger partial charge < -0.3 is 10.5 Å². The van der Waals surface area contributed by atoms with Crippen molar-refractivity contribution in [3.05, 3.63) is 63.9 Å². The lowest BCUT2D eigenvalue weighted by Gasteiger charge is -2.11. The Morgan fingerprint density at radius 1 is 1.16 bits per heavy atom. The first-order valence-corrected chi connectivity index (χ1v) is 6.34. The van der Waals surface area contributed by atoms with Crippen LogP contribution >= 0.6 is 11.6 Å². The lowest BCUT2D eigenvalue weighted by atomic mass is 10.1. The topological polar surface area (TPSA) is 35.2 Å². The third-order valence-electron chi connectivity index (χ3n) is 2.86. The molecule has 0 aliphatic rings. The first-order valence-electron chi connectivity index (χ1n) is 5.96. The van der Waals surface area contributed by atoms with Crippen molar-refractivity contribution in [2.75, 3.05) is 0 Å². The summed E-state index contributed by atoms with van der Waals surface area (Å²) in [5, 5.41) is 0.566. The van der Waals surface area contributed by atoms with E-state index in [2.05, 4.69) is 0 Å². The third-order valence-corrected chi connectivity index (χ3v) is 3.15. The molecule has 2 rings (SSSR count).